The summed E-state index contributed by atoms with van der Waals surface area (Å²) in [5.74, 6) is -0.497. The SMILES string of the molecule is CC(=O)Nc1cccc(NC(=O)c2ccc(NCc3cccnc3)cn2)c1. The van der Waals surface area contributed by atoms with Crippen LogP contribution in [0.2, 0.25) is 0 Å². The second kappa shape index (κ2) is 8.57. The first-order chi connectivity index (χ1) is 13.1. The summed E-state index contributed by atoms with van der Waals surface area (Å²) in [6, 6.07) is 14.2. The number of carbonyl (C=O) groups is 2. The third-order valence-electron chi connectivity index (χ3n) is 3.66. The van der Waals surface area contributed by atoms with Crippen molar-refractivity contribution in [2.45, 2.75) is 13.5 Å². The maximum absolute atomic E-state index is 12.3. The highest BCUT2D eigenvalue weighted by Crippen LogP contribution is 2.16. The molecule has 0 aliphatic carbocycles. The maximum atomic E-state index is 12.3. The second-order valence-electron chi connectivity index (χ2n) is 5.86. The van der Waals surface area contributed by atoms with Crippen molar-refractivity contribution >= 4 is 28.9 Å². The molecule has 0 unspecified atom stereocenters. The summed E-state index contributed by atoms with van der Waals surface area (Å²) < 4.78 is 0. The highest BCUT2D eigenvalue weighted by atomic mass is 16.2. The van der Waals surface area contributed by atoms with E-state index in [9.17, 15) is 9.59 Å². The highest BCUT2D eigenvalue weighted by Gasteiger charge is 2.08. The Kier molecular flexibility index (Phi) is 5.73. The fraction of sp³-hybridized carbons (Fsp3) is 0.100. The van der Waals surface area contributed by atoms with E-state index in [1.165, 1.54) is 6.92 Å². The molecule has 0 aliphatic heterocycles. The third-order valence-corrected chi connectivity index (χ3v) is 3.66. The minimum atomic E-state index is -0.325. The number of carbonyl (C=O) groups excluding carboxylic acids is 2. The van der Waals surface area contributed by atoms with Crippen LogP contribution in [0.1, 0.15) is 23.0 Å². The first-order valence-electron chi connectivity index (χ1n) is 8.38. The number of anilines is 3. The van der Waals surface area contributed by atoms with E-state index in [1.807, 2.05) is 12.1 Å². The molecule has 1 aromatic carbocycles. The molecule has 0 saturated heterocycles. The lowest BCUT2D eigenvalue weighted by Crippen LogP contribution is -2.14. The number of nitrogens with one attached hydrogen (secondary N) is 3. The van der Waals surface area contributed by atoms with Crippen LogP contribution < -0.4 is 16.0 Å². The van der Waals surface area contributed by atoms with E-state index in [4.69, 9.17) is 0 Å². The van der Waals surface area contributed by atoms with Crippen LogP contribution in [-0.2, 0) is 11.3 Å². The minimum absolute atomic E-state index is 0.172. The minimum Gasteiger partial charge on any atom is -0.380 e. The van der Waals surface area contributed by atoms with Crippen molar-refractivity contribution in [3.05, 3.63) is 78.4 Å². The van der Waals surface area contributed by atoms with Gasteiger partial charge in [-0.1, -0.05) is 12.1 Å². The average Bonchev–Trinajstić information content (AvgIpc) is 2.67. The molecule has 0 saturated carbocycles. The molecule has 0 atom stereocenters. The predicted octanol–water partition coefficient (Wildman–Crippen LogP) is 3.30. The van der Waals surface area contributed by atoms with Gasteiger partial charge in [0.05, 0.1) is 11.9 Å². The molecule has 136 valence electrons. The molecule has 0 radical (unpaired) electrons. The Morgan fingerprint density at radius 3 is 2.41 bits per heavy atom. The molecule has 3 aromatic rings. The Hall–Kier alpha value is -3.74. The van der Waals surface area contributed by atoms with E-state index in [0.29, 0.717) is 23.6 Å². The van der Waals surface area contributed by atoms with Gasteiger partial charge in [-0.15, -0.1) is 0 Å². The van der Waals surface area contributed by atoms with Crippen LogP contribution in [0.3, 0.4) is 0 Å². The van der Waals surface area contributed by atoms with Gasteiger partial charge in [-0.3, -0.25) is 14.6 Å². The Balaban J connectivity index is 1.59. The van der Waals surface area contributed by atoms with Crippen molar-refractivity contribution in [3.8, 4) is 0 Å². The van der Waals surface area contributed by atoms with Gasteiger partial charge in [-0.05, 0) is 42.0 Å². The van der Waals surface area contributed by atoms with Gasteiger partial charge in [0.25, 0.3) is 5.91 Å². The smallest absolute Gasteiger partial charge is 0.274 e. The Morgan fingerprint density at radius 2 is 1.74 bits per heavy atom. The zero-order chi connectivity index (χ0) is 19.1. The van der Waals surface area contributed by atoms with Crippen LogP contribution in [-0.4, -0.2) is 21.8 Å². The van der Waals surface area contributed by atoms with Gasteiger partial charge in [0.15, 0.2) is 0 Å². The molecule has 0 bridgehead atoms. The number of rotatable bonds is 6. The quantitative estimate of drug-likeness (QED) is 0.626. The van der Waals surface area contributed by atoms with Gasteiger partial charge < -0.3 is 16.0 Å². The standard InChI is InChI=1S/C20H19N5O2/c1-14(26)24-16-5-2-6-17(10-16)25-20(27)19-8-7-18(13-23-19)22-12-15-4-3-9-21-11-15/h2-11,13,22H,12H2,1H3,(H,24,26)(H,25,27). The van der Waals surface area contributed by atoms with E-state index < -0.39 is 0 Å². The van der Waals surface area contributed by atoms with E-state index in [2.05, 4.69) is 25.9 Å². The summed E-state index contributed by atoms with van der Waals surface area (Å²) in [4.78, 5) is 31.7. The van der Waals surface area contributed by atoms with Crippen molar-refractivity contribution < 1.29 is 9.59 Å². The van der Waals surface area contributed by atoms with E-state index in [0.717, 1.165) is 11.3 Å². The maximum Gasteiger partial charge on any atom is 0.274 e. The van der Waals surface area contributed by atoms with Crippen molar-refractivity contribution in [1.82, 2.24) is 9.97 Å². The molecule has 0 fully saturated rings. The van der Waals surface area contributed by atoms with Crippen molar-refractivity contribution in [2.24, 2.45) is 0 Å². The number of hydrogen-bond acceptors (Lipinski definition) is 5. The fourth-order valence-electron chi connectivity index (χ4n) is 2.41. The monoisotopic (exact) mass is 361 g/mol. The van der Waals surface area contributed by atoms with Crippen LogP contribution >= 0.6 is 0 Å². The lowest BCUT2D eigenvalue weighted by atomic mass is 10.2. The topological polar surface area (TPSA) is 96.0 Å². The average molecular weight is 361 g/mol. The van der Waals surface area contributed by atoms with Crippen LogP contribution in [0.5, 0.6) is 0 Å². The molecule has 27 heavy (non-hydrogen) atoms. The number of hydrogen-bond donors (Lipinski definition) is 3. The normalized spacial score (nSPS) is 10.1. The van der Waals surface area contributed by atoms with Crippen LogP contribution in [0.15, 0.2) is 67.1 Å². The Bertz CT molecular complexity index is 927. The first-order valence-corrected chi connectivity index (χ1v) is 8.38. The summed E-state index contributed by atoms with van der Waals surface area (Å²) in [7, 11) is 0. The Morgan fingerprint density at radius 1 is 0.926 bits per heavy atom. The molecule has 2 aromatic heterocycles. The summed E-state index contributed by atoms with van der Waals surface area (Å²) in [6.07, 6.45) is 5.13. The number of pyridine rings is 2. The summed E-state index contributed by atoms with van der Waals surface area (Å²) >= 11 is 0. The van der Waals surface area contributed by atoms with Crippen LogP contribution in [0.25, 0.3) is 0 Å². The van der Waals surface area contributed by atoms with Gasteiger partial charge in [-0.25, -0.2) is 4.98 Å². The molecule has 0 spiro atoms. The highest BCUT2D eigenvalue weighted by molar-refractivity contribution is 6.03. The molecule has 2 heterocycles. The van der Waals surface area contributed by atoms with Gasteiger partial charge >= 0.3 is 0 Å². The van der Waals surface area contributed by atoms with Gasteiger partial charge in [0.2, 0.25) is 5.91 Å². The van der Waals surface area contributed by atoms with Crippen molar-refractivity contribution in [3.63, 3.8) is 0 Å². The van der Waals surface area contributed by atoms with Crippen LogP contribution in [0.4, 0.5) is 17.1 Å². The molecule has 0 aliphatic rings. The summed E-state index contributed by atoms with van der Waals surface area (Å²) in [5, 5.41) is 8.67. The zero-order valence-corrected chi connectivity index (χ0v) is 14.8. The first kappa shape index (κ1) is 18.1. The van der Waals surface area contributed by atoms with E-state index in [1.54, 1.807) is 55.0 Å². The Labute approximate surface area is 156 Å². The molecule has 3 rings (SSSR count). The van der Waals surface area contributed by atoms with Crippen molar-refractivity contribution in [1.29, 1.82) is 0 Å². The molecular formula is C20H19N5O2. The lowest BCUT2D eigenvalue weighted by molar-refractivity contribution is -0.114. The van der Waals surface area contributed by atoms with Gasteiger partial charge in [0, 0.05) is 37.2 Å². The summed E-state index contributed by atoms with van der Waals surface area (Å²) in [5.41, 5.74) is 3.35. The summed E-state index contributed by atoms with van der Waals surface area (Å²) in [6.45, 7) is 2.05. The fourth-order valence-corrected chi connectivity index (χ4v) is 2.41. The zero-order valence-electron chi connectivity index (χ0n) is 14.8. The molecular weight excluding hydrogens is 342 g/mol. The lowest BCUT2D eigenvalue weighted by Gasteiger charge is -2.09. The van der Waals surface area contributed by atoms with Crippen molar-refractivity contribution in [2.75, 3.05) is 16.0 Å². The molecule has 7 nitrogen and oxygen atoms in total. The molecule has 7 heteroatoms. The van der Waals surface area contributed by atoms with Gasteiger partial charge in [0.1, 0.15) is 5.69 Å². The third kappa shape index (κ3) is 5.37. The van der Waals surface area contributed by atoms with E-state index >= 15 is 0 Å². The predicted molar refractivity (Wildman–Crippen MR) is 104 cm³/mol. The van der Waals surface area contributed by atoms with Crippen LogP contribution in [0, 0.1) is 0 Å². The number of nitrogens with zero attached hydrogens (tertiary/aromatic N) is 2. The molecule has 2 amide bonds. The number of benzene rings is 1. The largest absolute Gasteiger partial charge is 0.380 e. The number of amides is 2. The molecule has 3 N–H and O–H groups in total. The second-order valence-corrected chi connectivity index (χ2v) is 5.86. The number of aromatic nitrogens is 2. The van der Waals surface area contributed by atoms with Gasteiger partial charge in [-0.2, -0.15) is 0 Å². The van der Waals surface area contributed by atoms with E-state index in [-0.39, 0.29) is 11.8 Å².